The van der Waals surface area contributed by atoms with Crippen LogP contribution < -0.4 is 5.32 Å². The van der Waals surface area contributed by atoms with E-state index >= 15 is 0 Å². The average Bonchev–Trinajstić information content (AvgIpc) is 2.27. The summed E-state index contributed by atoms with van der Waals surface area (Å²) in [6, 6.07) is 4.45. The quantitative estimate of drug-likeness (QED) is 0.819. The molecule has 0 bridgehead atoms. The van der Waals surface area contributed by atoms with Crippen molar-refractivity contribution < 1.29 is 13.9 Å². The van der Waals surface area contributed by atoms with Crippen molar-refractivity contribution in [2.45, 2.75) is 26.4 Å². The van der Waals surface area contributed by atoms with Gasteiger partial charge in [0.25, 0.3) is 5.91 Å². The Hall–Kier alpha value is -0.940. The SMILES string of the molecule is CC(C)OCCCNC(=O)c1c(F)cccc1Br. The molecule has 1 N–H and O–H groups in total. The van der Waals surface area contributed by atoms with Crippen molar-refractivity contribution in [2.75, 3.05) is 13.2 Å². The molecule has 100 valence electrons. The minimum Gasteiger partial charge on any atom is -0.379 e. The maximum Gasteiger partial charge on any atom is 0.255 e. The fourth-order valence-electron chi connectivity index (χ4n) is 1.40. The minimum absolute atomic E-state index is 0.0438. The van der Waals surface area contributed by atoms with E-state index in [1.807, 2.05) is 13.8 Å². The third kappa shape index (κ3) is 4.74. The van der Waals surface area contributed by atoms with Crippen LogP contribution in [-0.2, 0) is 4.74 Å². The lowest BCUT2D eigenvalue weighted by molar-refractivity contribution is 0.0756. The van der Waals surface area contributed by atoms with Gasteiger partial charge in [-0.25, -0.2) is 4.39 Å². The van der Waals surface area contributed by atoms with E-state index in [1.54, 1.807) is 12.1 Å². The van der Waals surface area contributed by atoms with Gasteiger partial charge in [0, 0.05) is 17.6 Å². The molecule has 0 saturated heterocycles. The molecule has 0 radical (unpaired) electrons. The predicted molar refractivity (Wildman–Crippen MR) is 72.1 cm³/mol. The first kappa shape index (κ1) is 15.1. The first-order valence-electron chi connectivity index (χ1n) is 5.86. The maximum atomic E-state index is 13.5. The van der Waals surface area contributed by atoms with Crippen molar-refractivity contribution in [1.82, 2.24) is 5.32 Å². The molecule has 0 unspecified atom stereocenters. The van der Waals surface area contributed by atoms with Crippen LogP contribution in [0.5, 0.6) is 0 Å². The fourth-order valence-corrected chi connectivity index (χ4v) is 1.92. The number of nitrogens with one attached hydrogen (secondary N) is 1. The van der Waals surface area contributed by atoms with Gasteiger partial charge in [0.05, 0.1) is 11.7 Å². The highest BCUT2D eigenvalue weighted by Gasteiger charge is 2.14. The monoisotopic (exact) mass is 317 g/mol. The molecule has 1 aromatic rings. The molecule has 5 heteroatoms. The van der Waals surface area contributed by atoms with Gasteiger partial charge in [-0.3, -0.25) is 4.79 Å². The van der Waals surface area contributed by atoms with Crippen LogP contribution in [0.2, 0.25) is 0 Å². The van der Waals surface area contributed by atoms with Crippen molar-refractivity contribution in [3.05, 3.63) is 34.1 Å². The molecule has 3 nitrogen and oxygen atoms in total. The molecular formula is C13H17BrFNO2. The van der Waals surface area contributed by atoms with E-state index in [4.69, 9.17) is 4.74 Å². The lowest BCUT2D eigenvalue weighted by Gasteiger charge is -2.09. The van der Waals surface area contributed by atoms with Crippen LogP contribution in [0.3, 0.4) is 0 Å². The molecule has 1 amide bonds. The third-order valence-corrected chi connectivity index (χ3v) is 2.91. The number of benzene rings is 1. The lowest BCUT2D eigenvalue weighted by atomic mass is 10.2. The number of carbonyl (C=O) groups excluding carboxylic acids is 1. The van der Waals surface area contributed by atoms with Crippen molar-refractivity contribution in [2.24, 2.45) is 0 Å². The molecule has 0 fully saturated rings. The van der Waals surface area contributed by atoms with Gasteiger partial charge in [0.2, 0.25) is 0 Å². The van der Waals surface area contributed by atoms with Gasteiger partial charge in [-0.15, -0.1) is 0 Å². The van der Waals surface area contributed by atoms with Gasteiger partial charge in [0.15, 0.2) is 0 Å². The Morgan fingerprint density at radius 3 is 2.83 bits per heavy atom. The summed E-state index contributed by atoms with van der Waals surface area (Å²) in [6.07, 6.45) is 0.886. The molecule has 0 spiro atoms. The predicted octanol–water partition coefficient (Wildman–Crippen LogP) is 3.13. The number of hydrogen-bond donors (Lipinski definition) is 1. The number of amides is 1. The lowest BCUT2D eigenvalue weighted by Crippen LogP contribution is -2.26. The molecule has 0 aliphatic carbocycles. The smallest absolute Gasteiger partial charge is 0.255 e. The number of rotatable bonds is 6. The molecule has 18 heavy (non-hydrogen) atoms. The van der Waals surface area contributed by atoms with Gasteiger partial charge < -0.3 is 10.1 Å². The fraction of sp³-hybridized carbons (Fsp3) is 0.462. The maximum absolute atomic E-state index is 13.5. The summed E-state index contributed by atoms with van der Waals surface area (Å²) >= 11 is 3.16. The molecule has 0 saturated carbocycles. The molecule has 0 atom stereocenters. The zero-order valence-electron chi connectivity index (χ0n) is 10.5. The second-order valence-electron chi connectivity index (χ2n) is 4.13. The summed E-state index contributed by atoms with van der Waals surface area (Å²) in [6.45, 7) is 4.95. The van der Waals surface area contributed by atoms with Gasteiger partial charge in [-0.1, -0.05) is 6.07 Å². The Morgan fingerprint density at radius 1 is 1.50 bits per heavy atom. The van der Waals surface area contributed by atoms with Crippen LogP contribution in [0.4, 0.5) is 4.39 Å². The highest BCUT2D eigenvalue weighted by Crippen LogP contribution is 2.19. The molecule has 0 aromatic heterocycles. The number of hydrogen-bond acceptors (Lipinski definition) is 2. The summed E-state index contributed by atoms with van der Waals surface area (Å²) in [5, 5.41) is 2.67. The zero-order chi connectivity index (χ0) is 13.5. The Labute approximate surface area is 115 Å². The van der Waals surface area contributed by atoms with Crippen LogP contribution in [0.25, 0.3) is 0 Å². The first-order valence-corrected chi connectivity index (χ1v) is 6.65. The van der Waals surface area contributed by atoms with Gasteiger partial charge in [0.1, 0.15) is 5.82 Å². The van der Waals surface area contributed by atoms with Gasteiger partial charge >= 0.3 is 0 Å². The van der Waals surface area contributed by atoms with Crippen molar-refractivity contribution in [3.8, 4) is 0 Å². The first-order chi connectivity index (χ1) is 8.52. The van der Waals surface area contributed by atoms with Crippen molar-refractivity contribution in [3.63, 3.8) is 0 Å². The normalized spacial score (nSPS) is 10.7. The summed E-state index contributed by atoms with van der Waals surface area (Å²) in [4.78, 5) is 11.8. The van der Waals surface area contributed by atoms with Crippen LogP contribution in [0.1, 0.15) is 30.6 Å². The molecule has 1 aromatic carbocycles. The molecule has 0 aliphatic heterocycles. The van der Waals surface area contributed by atoms with Crippen LogP contribution in [0.15, 0.2) is 22.7 Å². The van der Waals surface area contributed by atoms with E-state index in [9.17, 15) is 9.18 Å². The highest BCUT2D eigenvalue weighted by atomic mass is 79.9. The Balaban J connectivity index is 2.41. The van der Waals surface area contributed by atoms with Gasteiger partial charge in [-0.2, -0.15) is 0 Å². The third-order valence-electron chi connectivity index (χ3n) is 2.25. The minimum atomic E-state index is -0.527. The van der Waals surface area contributed by atoms with Crippen LogP contribution in [0, 0.1) is 5.82 Å². The summed E-state index contributed by atoms with van der Waals surface area (Å²) in [7, 11) is 0. The second-order valence-corrected chi connectivity index (χ2v) is 4.98. The Kier molecular flexibility index (Phi) is 6.29. The topological polar surface area (TPSA) is 38.3 Å². The van der Waals surface area contributed by atoms with E-state index in [0.717, 1.165) is 0 Å². The van der Waals surface area contributed by atoms with Crippen molar-refractivity contribution >= 4 is 21.8 Å². The van der Waals surface area contributed by atoms with Crippen LogP contribution in [-0.4, -0.2) is 25.2 Å². The van der Waals surface area contributed by atoms with E-state index in [1.165, 1.54) is 6.07 Å². The average molecular weight is 318 g/mol. The van der Waals surface area contributed by atoms with Crippen LogP contribution >= 0.6 is 15.9 Å². The summed E-state index contributed by atoms with van der Waals surface area (Å²) < 4.78 is 19.3. The molecule has 1 rings (SSSR count). The zero-order valence-corrected chi connectivity index (χ0v) is 12.1. The molecule has 0 heterocycles. The number of carbonyl (C=O) groups is 1. The van der Waals surface area contributed by atoms with E-state index < -0.39 is 11.7 Å². The van der Waals surface area contributed by atoms with E-state index in [2.05, 4.69) is 21.2 Å². The van der Waals surface area contributed by atoms with Gasteiger partial charge in [-0.05, 0) is 48.3 Å². The highest BCUT2D eigenvalue weighted by molar-refractivity contribution is 9.10. The number of ether oxygens (including phenoxy) is 1. The van der Waals surface area contributed by atoms with Crippen molar-refractivity contribution in [1.29, 1.82) is 0 Å². The largest absolute Gasteiger partial charge is 0.379 e. The standard InChI is InChI=1S/C13H17BrFNO2/c1-9(2)18-8-4-7-16-13(17)12-10(14)5-3-6-11(12)15/h3,5-6,9H,4,7-8H2,1-2H3,(H,16,17). The molecule has 0 aliphatic rings. The number of halogens is 2. The van der Waals surface area contributed by atoms with E-state index in [0.29, 0.717) is 24.0 Å². The second kappa shape index (κ2) is 7.48. The Bertz CT molecular complexity index is 390. The van der Waals surface area contributed by atoms with E-state index in [-0.39, 0.29) is 11.7 Å². The molecular weight excluding hydrogens is 301 g/mol. The summed E-state index contributed by atoms with van der Waals surface area (Å²) in [5.74, 6) is -0.940. The Morgan fingerprint density at radius 2 is 2.22 bits per heavy atom. The summed E-state index contributed by atoms with van der Waals surface area (Å²) in [5.41, 5.74) is 0.0438.